The fourth-order valence-corrected chi connectivity index (χ4v) is 1.53. The largest absolute Gasteiger partial charge is 0.463 e. The molecule has 1 heterocycles. The molecule has 1 unspecified atom stereocenters. The molecule has 0 aromatic carbocycles. The van der Waals surface area contributed by atoms with Crippen LogP contribution in [0.15, 0.2) is 16.7 Å². The number of esters is 1. The normalized spacial score (nSPS) is 12.4. The van der Waals surface area contributed by atoms with E-state index >= 15 is 0 Å². The summed E-state index contributed by atoms with van der Waals surface area (Å²) in [5.74, 6) is -0.218. The Bertz CT molecular complexity index is 348. The monoisotopic (exact) mass is 241 g/mol. The minimum absolute atomic E-state index is 0.200. The lowest BCUT2D eigenvalue weighted by Crippen LogP contribution is -2.26. The second-order valence-electron chi connectivity index (χ2n) is 3.91. The Morgan fingerprint density at radius 3 is 3.06 bits per heavy atom. The van der Waals surface area contributed by atoms with Crippen LogP contribution in [0.1, 0.15) is 35.9 Å². The number of ether oxygens (including phenoxy) is 1. The quantitative estimate of drug-likeness (QED) is 0.704. The van der Waals surface area contributed by atoms with E-state index in [1.807, 2.05) is 6.92 Å². The second-order valence-corrected chi connectivity index (χ2v) is 3.91. The van der Waals surface area contributed by atoms with Gasteiger partial charge < -0.3 is 19.6 Å². The Hall–Kier alpha value is -1.33. The zero-order valence-electron chi connectivity index (χ0n) is 10.2. The van der Waals surface area contributed by atoms with Gasteiger partial charge in [0.1, 0.15) is 0 Å². The predicted molar refractivity (Wildman–Crippen MR) is 62.7 cm³/mol. The molecule has 0 aliphatic rings. The van der Waals surface area contributed by atoms with Crippen molar-refractivity contribution in [2.45, 2.75) is 32.4 Å². The van der Waals surface area contributed by atoms with Crippen molar-refractivity contribution in [3.63, 3.8) is 0 Å². The molecule has 1 atom stereocenters. The van der Waals surface area contributed by atoms with Crippen LogP contribution in [0.2, 0.25) is 0 Å². The summed E-state index contributed by atoms with van der Waals surface area (Å²) in [6.45, 7) is 2.78. The van der Waals surface area contributed by atoms with Gasteiger partial charge in [-0.25, -0.2) is 4.79 Å². The van der Waals surface area contributed by atoms with E-state index in [1.54, 1.807) is 6.07 Å². The first-order valence-corrected chi connectivity index (χ1v) is 5.68. The third-order valence-corrected chi connectivity index (χ3v) is 2.55. The van der Waals surface area contributed by atoms with Gasteiger partial charge in [-0.3, -0.25) is 0 Å². The second kappa shape index (κ2) is 7.09. The molecule has 0 saturated heterocycles. The number of furan rings is 1. The van der Waals surface area contributed by atoms with E-state index in [2.05, 4.69) is 10.1 Å². The fraction of sp³-hybridized carbons (Fsp3) is 0.583. The first-order chi connectivity index (χ1) is 8.19. The number of rotatable bonds is 7. The van der Waals surface area contributed by atoms with Gasteiger partial charge in [0.05, 0.1) is 13.4 Å². The number of hydrogen-bond donors (Lipinski definition) is 2. The van der Waals surface area contributed by atoms with E-state index in [4.69, 9.17) is 9.52 Å². The Kier molecular flexibility index (Phi) is 5.72. The van der Waals surface area contributed by atoms with Gasteiger partial charge >= 0.3 is 5.97 Å². The van der Waals surface area contributed by atoms with Crippen LogP contribution in [-0.4, -0.2) is 30.8 Å². The van der Waals surface area contributed by atoms with E-state index in [-0.39, 0.29) is 18.4 Å². The zero-order valence-corrected chi connectivity index (χ0v) is 10.2. The van der Waals surface area contributed by atoms with Crippen LogP contribution >= 0.6 is 0 Å². The molecule has 0 radical (unpaired) electrons. The predicted octanol–water partition coefficient (Wildman–Crippen LogP) is 1.32. The van der Waals surface area contributed by atoms with Gasteiger partial charge in [-0.15, -0.1) is 0 Å². The van der Waals surface area contributed by atoms with Gasteiger partial charge in [-0.2, -0.15) is 0 Å². The Balaban J connectivity index is 2.46. The SMILES string of the molecule is COC(=O)c1occc1CNC(C)CCCO. The highest BCUT2D eigenvalue weighted by molar-refractivity contribution is 5.87. The maximum absolute atomic E-state index is 11.3. The van der Waals surface area contributed by atoms with Crippen molar-refractivity contribution in [3.8, 4) is 0 Å². The van der Waals surface area contributed by atoms with Gasteiger partial charge in [0.15, 0.2) is 0 Å². The lowest BCUT2D eigenvalue weighted by Gasteiger charge is -2.12. The molecular weight excluding hydrogens is 222 g/mol. The summed E-state index contributed by atoms with van der Waals surface area (Å²) >= 11 is 0. The molecule has 1 aromatic rings. The number of carbonyl (C=O) groups excluding carboxylic acids is 1. The van der Waals surface area contributed by atoms with E-state index in [1.165, 1.54) is 13.4 Å². The lowest BCUT2D eigenvalue weighted by molar-refractivity contribution is 0.0563. The Morgan fingerprint density at radius 2 is 2.41 bits per heavy atom. The number of carbonyl (C=O) groups is 1. The molecule has 0 spiro atoms. The number of aliphatic hydroxyl groups is 1. The van der Waals surface area contributed by atoms with Crippen LogP contribution in [0.5, 0.6) is 0 Å². The van der Waals surface area contributed by atoms with E-state index in [0.29, 0.717) is 6.54 Å². The first-order valence-electron chi connectivity index (χ1n) is 5.68. The molecular formula is C12H19NO4. The number of aliphatic hydroxyl groups excluding tert-OH is 1. The van der Waals surface area contributed by atoms with Crippen LogP contribution < -0.4 is 5.32 Å². The van der Waals surface area contributed by atoms with Gasteiger partial charge in [0, 0.05) is 24.8 Å². The van der Waals surface area contributed by atoms with Crippen molar-refractivity contribution in [3.05, 3.63) is 23.7 Å². The van der Waals surface area contributed by atoms with Crippen LogP contribution in [0.4, 0.5) is 0 Å². The third-order valence-electron chi connectivity index (χ3n) is 2.55. The van der Waals surface area contributed by atoms with Crippen molar-refractivity contribution < 1.29 is 19.1 Å². The van der Waals surface area contributed by atoms with Crippen molar-refractivity contribution in [1.29, 1.82) is 0 Å². The molecule has 0 aliphatic carbocycles. The maximum atomic E-state index is 11.3. The highest BCUT2D eigenvalue weighted by Crippen LogP contribution is 2.12. The smallest absolute Gasteiger partial charge is 0.374 e. The third kappa shape index (κ3) is 4.20. The van der Waals surface area contributed by atoms with Crippen LogP contribution in [-0.2, 0) is 11.3 Å². The maximum Gasteiger partial charge on any atom is 0.374 e. The zero-order chi connectivity index (χ0) is 12.7. The summed E-state index contributed by atoms with van der Waals surface area (Å²) in [6, 6.07) is 2.03. The lowest BCUT2D eigenvalue weighted by atomic mass is 10.1. The standard InChI is InChI=1S/C12H19NO4/c1-9(4-3-6-14)13-8-10-5-7-17-11(10)12(15)16-2/h5,7,9,13-14H,3-4,6,8H2,1-2H3. The van der Waals surface area contributed by atoms with Crippen molar-refractivity contribution in [1.82, 2.24) is 5.32 Å². The van der Waals surface area contributed by atoms with Crippen molar-refractivity contribution in [2.24, 2.45) is 0 Å². The molecule has 0 amide bonds. The highest BCUT2D eigenvalue weighted by atomic mass is 16.5. The van der Waals surface area contributed by atoms with Crippen LogP contribution in [0, 0.1) is 0 Å². The summed E-state index contributed by atoms with van der Waals surface area (Å²) in [7, 11) is 1.33. The minimum Gasteiger partial charge on any atom is -0.463 e. The van der Waals surface area contributed by atoms with E-state index in [0.717, 1.165) is 18.4 Å². The molecule has 5 nitrogen and oxygen atoms in total. The van der Waals surface area contributed by atoms with Crippen LogP contribution in [0.3, 0.4) is 0 Å². The first kappa shape index (κ1) is 13.7. The molecule has 0 fully saturated rings. The molecule has 0 aliphatic heterocycles. The van der Waals surface area contributed by atoms with Gasteiger partial charge in [-0.1, -0.05) is 0 Å². The topological polar surface area (TPSA) is 71.7 Å². The Morgan fingerprint density at radius 1 is 1.65 bits per heavy atom. The van der Waals surface area contributed by atoms with Gasteiger partial charge in [0.25, 0.3) is 0 Å². The summed E-state index contributed by atoms with van der Waals surface area (Å²) < 4.78 is 9.69. The molecule has 5 heteroatoms. The van der Waals surface area contributed by atoms with E-state index in [9.17, 15) is 4.79 Å². The summed E-state index contributed by atoms with van der Waals surface area (Å²) in [5.41, 5.74) is 0.785. The highest BCUT2D eigenvalue weighted by Gasteiger charge is 2.15. The van der Waals surface area contributed by atoms with E-state index < -0.39 is 5.97 Å². The molecule has 1 aromatic heterocycles. The van der Waals surface area contributed by atoms with Gasteiger partial charge in [0.2, 0.25) is 5.76 Å². The summed E-state index contributed by atoms with van der Waals surface area (Å²) in [4.78, 5) is 11.3. The summed E-state index contributed by atoms with van der Waals surface area (Å²) in [5, 5.41) is 12.0. The number of hydrogen-bond acceptors (Lipinski definition) is 5. The molecule has 0 bridgehead atoms. The summed E-state index contributed by atoms with van der Waals surface area (Å²) in [6.07, 6.45) is 3.13. The number of nitrogens with one attached hydrogen (secondary N) is 1. The minimum atomic E-state index is -0.463. The average Bonchev–Trinajstić information content (AvgIpc) is 2.81. The van der Waals surface area contributed by atoms with Crippen LogP contribution in [0.25, 0.3) is 0 Å². The molecule has 1 rings (SSSR count). The number of methoxy groups -OCH3 is 1. The average molecular weight is 241 g/mol. The molecule has 2 N–H and O–H groups in total. The Labute approximate surface area is 101 Å². The molecule has 96 valence electrons. The van der Waals surface area contributed by atoms with Crippen molar-refractivity contribution in [2.75, 3.05) is 13.7 Å². The molecule has 0 saturated carbocycles. The molecule has 17 heavy (non-hydrogen) atoms. The fourth-order valence-electron chi connectivity index (χ4n) is 1.53. The van der Waals surface area contributed by atoms with Crippen molar-refractivity contribution >= 4 is 5.97 Å². The van der Waals surface area contributed by atoms with Gasteiger partial charge in [-0.05, 0) is 25.8 Å².